The standard InChI is InChI=1S/C17H16F3NO/c18-17(19,20)14-6-8-15(9-7-14)22-11-13-4-1-3-12-5-2-10-21-16(12)13/h1,3-4,6-9,21H,2,5,10-11H2. The molecule has 3 rings (SSSR count). The van der Waals surface area contributed by atoms with E-state index in [0.717, 1.165) is 42.8 Å². The molecule has 0 bridgehead atoms. The van der Waals surface area contributed by atoms with Gasteiger partial charge in [0.2, 0.25) is 0 Å². The second kappa shape index (κ2) is 5.91. The summed E-state index contributed by atoms with van der Waals surface area (Å²) < 4.78 is 43.1. The van der Waals surface area contributed by atoms with Gasteiger partial charge in [-0.25, -0.2) is 0 Å². The first-order chi connectivity index (χ1) is 10.5. The van der Waals surface area contributed by atoms with Crippen LogP contribution in [0.5, 0.6) is 5.75 Å². The smallest absolute Gasteiger partial charge is 0.416 e. The second-order valence-corrected chi connectivity index (χ2v) is 5.29. The van der Waals surface area contributed by atoms with Gasteiger partial charge >= 0.3 is 6.18 Å². The van der Waals surface area contributed by atoms with E-state index in [1.165, 1.54) is 17.7 Å². The van der Waals surface area contributed by atoms with Crippen LogP contribution in [0.25, 0.3) is 0 Å². The zero-order chi connectivity index (χ0) is 15.6. The van der Waals surface area contributed by atoms with Crippen molar-refractivity contribution in [2.45, 2.75) is 25.6 Å². The van der Waals surface area contributed by atoms with Crippen LogP contribution in [0.1, 0.15) is 23.1 Å². The van der Waals surface area contributed by atoms with Crippen LogP contribution in [-0.2, 0) is 19.2 Å². The molecule has 0 radical (unpaired) electrons. The molecule has 0 amide bonds. The van der Waals surface area contributed by atoms with Crippen LogP contribution in [0, 0.1) is 0 Å². The fourth-order valence-electron chi connectivity index (χ4n) is 2.60. The zero-order valence-corrected chi connectivity index (χ0v) is 11.9. The van der Waals surface area contributed by atoms with Gasteiger partial charge in [-0.15, -0.1) is 0 Å². The fraction of sp³-hybridized carbons (Fsp3) is 0.294. The lowest BCUT2D eigenvalue weighted by atomic mass is 10.00. The number of hydrogen-bond acceptors (Lipinski definition) is 2. The van der Waals surface area contributed by atoms with E-state index in [0.29, 0.717) is 12.4 Å². The van der Waals surface area contributed by atoms with Crippen molar-refractivity contribution < 1.29 is 17.9 Å². The number of rotatable bonds is 3. The Hall–Kier alpha value is -2.17. The molecule has 0 saturated heterocycles. The molecule has 0 atom stereocenters. The predicted octanol–water partition coefficient (Wildman–Crippen LogP) is 4.64. The summed E-state index contributed by atoms with van der Waals surface area (Å²) in [6.07, 6.45) is -2.17. The van der Waals surface area contributed by atoms with Crippen molar-refractivity contribution in [3.63, 3.8) is 0 Å². The molecule has 116 valence electrons. The highest BCUT2D eigenvalue weighted by Crippen LogP contribution is 2.31. The van der Waals surface area contributed by atoms with Crippen molar-refractivity contribution in [1.29, 1.82) is 0 Å². The minimum atomic E-state index is -4.32. The van der Waals surface area contributed by atoms with Gasteiger partial charge in [0.25, 0.3) is 0 Å². The molecule has 5 heteroatoms. The van der Waals surface area contributed by atoms with E-state index < -0.39 is 11.7 Å². The lowest BCUT2D eigenvalue weighted by Crippen LogP contribution is -2.14. The van der Waals surface area contributed by atoms with Crippen molar-refractivity contribution in [2.24, 2.45) is 0 Å². The molecule has 0 saturated carbocycles. The molecule has 0 fully saturated rings. The largest absolute Gasteiger partial charge is 0.489 e. The Labute approximate surface area is 126 Å². The molecule has 22 heavy (non-hydrogen) atoms. The van der Waals surface area contributed by atoms with E-state index >= 15 is 0 Å². The van der Waals surface area contributed by atoms with Gasteiger partial charge in [0, 0.05) is 17.8 Å². The minimum Gasteiger partial charge on any atom is -0.489 e. The topological polar surface area (TPSA) is 21.3 Å². The molecule has 1 heterocycles. The Morgan fingerprint density at radius 1 is 1.05 bits per heavy atom. The number of aryl methyl sites for hydroxylation is 1. The molecule has 0 unspecified atom stereocenters. The van der Waals surface area contributed by atoms with Crippen LogP contribution >= 0.6 is 0 Å². The summed E-state index contributed by atoms with van der Waals surface area (Å²) in [5, 5.41) is 3.37. The molecule has 2 aromatic rings. The first-order valence-corrected chi connectivity index (χ1v) is 7.19. The summed E-state index contributed by atoms with van der Waals surface area (Å²) >= 11 is 0. The third kappa shape index (κ3) is 3.18. The van der Waals surface area contributed by atoms with Crippen molar-refractivity contribution in [1.82, 2.24) is 0 Å². The number of anilines is 1. The number of benzene rings is 2. The molecular formula is C17H16F3NO. The highest BCUT2D eigenvalue weighted by Gasteiger charge is 2.30. The van der Waals surface area contributed by atoms with E-state index in [9.17, 15) is 13.2 Å². The summed E-state index contributed by atoms with van der Waals surface area (Å²) in [4.78, 5) is 0. The van der Waals surface area contributed by atoms with Gasteiger partial charge in [0.05, 0.1) is 5.56 Å². The van der Waals surface area contributed by atoms with E-state index in [1.807, 2.05) is 12.1 Å². The van der Waals surface area contributed by atoms with Crippen LogP contribution in [-0.4, -0.2) is 6.54 Å². The summed E-state index contributed by atoms with van der Waals surface area (Å²) in [6.45, 7) is 1.27. The van der Waals surface area contributed by atoms with Crippen molar-refractivity contribution in [3.8, 4) is 5.75 Å². The van der Waals surface area contributed by atoms with Crippen LogP contribution in [0.3, 0.4) is 0 Å². The Kier molecular flexibility index (Phi) is 3.96. The molecule has 0 spiro atoms. The second-order valence-electron chi connectivity index (χ2n) is 5.29. The molecular weight excluding hydrogens is 291 g/mol. The molecule has 1 aliphatic rings. The maximum Gasteiger partial charge on any atom is 0.416 e. The third-order valence-electron chi connectivity index (χ3n) is 3.74. The quantitative estimate of drug-likeness (QED) is 0.891. The van der Waals surface area contributed by atoms with E-state index in [-0.39, 0.29) is 0 Å². The number of para-hydroxylation sites is 1. The number of fused-ring (bicyclic) bond motifs is 1. The molecule has 0 aromatic heterocycles. The predicted molar refractivity (Wildman–Crippen MR) is 79.0 cm³/mol. The molecule has 0 aliphatic carbocycles. The lowest BCUT2D eigenvalue weighted by molar-refractivity contribution is -0.137. The summed E-state index contributed by atoms with van der Waals surface area (Å²) in [5.74, 6) is 0.432. The van der Waals surface area contributed by atoms with Crippen LogP contribution in [0.2, 0.25) is 0 Å². The Morgan fingerprint density at radius 2 is 1.82 bits per heavy atom. The average molecular weight is 307 g/mol. The van der Waals surface area contributed by atoms with E-state index in [2.05, 4.69) is 11.4 Å². The minimum absolute atomic E-state index is 0.335. The monoisotopic (exact) mass is 307 g/mol. The maximum absolute atomic E-state index is 12.5. The molecule has 2 aromatic carbocycles. The number of ether oxygens (including phenoxy) is 1. The highest BCUT2D eigenvalue weighted by molar-refractivity contribution is 5.59. The number of alkyl halides is 3. The van der Waals surface area contributed by atoms with Crippen molar-refractivity contribution >= 4 is 5.69 Å². The van der Waals surface area contributed by atoms with Crippen molar-refractivity contribution in [3.05, 3.63) is 59.2 Å². The Balaban J connectivity index is 1.70. The normalized spacial score (nSPS) is 14.1. The first-order valence-electron chi connectivity index (χ1n) is 7.19. The number of hydrogen-bond donors (Lipinski definition) is 1. The summed E-state index contributed by atoms with van der Waals surface area (Å²) in [6, 6.07) is 10.8. The molecule has 1 aliphatic heterocycles. The van der Waals surface area contributed by atoms with Gasteiger partial charge in [0.1, 0.15) is 12.4 Å². The van der Waals surface area contributed by atoms with Crippen molar-refractivity contribution in [2.75, 3.05) is 11.9 Å². The summed E-state index contributed by atoms with van der Waals surface area (Å²) in [7, 11) is 0. The van der Waals surface area contributed by atoms with Crippen LogP contribution in [0.4, 0.5) is 18.9 Å². The SMILES string of the molecule is FC(F)(F)c1ccc(OCc2cccc3c2NCCC3)cc1. The van der Waals surface area contributed by atoms with Crippen LogP contribution < -0.4 is 10.1 Å². The Morgan fingerprint density at radius 3 is 2.55 bits per heavy atom. The fourth-order valence-corrected chi connectivity index (χ4v) is 2.60. The van der Waals surface area contributed by atoms with E-state index in [1.54, 1.807) is 0 Å². The van der Waals surface area contributed by atoms with Gasteiger partial charge in [0.15, 0.2) is 0 Å². The van der Waals surface area contributed by atoms with Gasteiger partial charge in [-0.2, -0.15) is 13.2 Å². The first kappa shape index (κ1) is 14.8. The van der Waals surface area contributed by atoms with Gasteiger partial charge < -0.3 is 10.1 Å². The van der Waals surface area contributed by atoms with Gasteiger partial charge in [-0.1, -0.05) is 18.2 Å². The Bertz CT molecular complexity index is 650. The number of halogens is 3. The maximum atomic E-state index is 12.5. The number of nitrogens with one attached hydrogen (secondary N) is 1. The zero-order valence-electron chi connectivity index (χ0n) is 11.9. The lowest BCUT2D eigenvalue weighted by Gasteiger charge is -2.21. The third-order valence-corrected chi connectivity index (χ3v) is 3.74. The summed E-state index contributed by atoms with van der Waals surface area (Å²) in [5.41, 5.74) is 2.72. The van der Waals surface area contributed by atoms with Gasteiger partial charge in [-0.3, -0.25) is 0 Å². The van der Waals surface area contributed by atoms with Crippen LogP contribution in [0.15, 0.2) is 42.5 Å². The highest BCUT2D eigenvalue weighted by atomic mass is 19.4. The molecule has 2 nitrogen and oxygen atoms in total. The average Bonchev–Trinajstić information content (AvgIpc) is 2.52. The van der Waals surface area contributed by atoms with Gasteiger partial charge in [-0.05, 0) is 42.7 Å². The molecule has 1 N–H and O–H groups in total. The van der Waals surface area contributed by atoms with E-state index in [4.69, 9.17) is 4.74 Å².